The molecule has 0 aromatic heterocycles. The van der Waals surface area contributed by atoms with Crippen LogP contribution in [-0.4, -0.2) is 30.1 Å². The Morgan fingerprint density at radius 1 is 1.05 bits per heavy atom. The molecule has 2 aliphatic rings. The van der Waals surface area contributed by atoms with Crippen LogP contribution in [-0.2, 0) is 0 Å². The van der Waals surface area contributed by atoms with Gasteiger partial charge in [-0.25, -0.2) is 0 Å². The third-order valence-electron chi connectivity index (χ3n) is 5.23. The second-order valence-electron chi connectivity index (χ2n) is 6.88. The molecule has 0 spiro atoms. The first kappa shape index (κ1) is 15.4. The van der Waals surface area contributed by atoms with E-state index < -0.39 is 0 Å². The van der Waals surface area contributed by atoms with E-state index in [-0.39, 0.29) is 0 Å². The largest absolute Gasteiger partial charge is 0.382 e. The summed E-state index contributed by atoms with van der Waals surface area (Å²) >= 11 is 3.55. The van der Waals surface area contributed by atoms with Crippen LogP contribution in [0.5, 0.6) is 0 Å². The van der Waals surface area contributed by atoms with Crippen LogP contribution in [0.25, 0.3) is 0 Å². The van der Waals surface area contributed by atoms with Crippen LogP contribution in [0.4, 0.5) is 5.69 Å². The highest BCUT2D eigenvalue weighted by atomic mass is 79.9. The van der Waals surface area contributed by atoms with Gasteiger partial charge in [-0.2, -0.15) is 0 Å². The van der Waals surface area contributed by atoms with Crippen molar-refractivity contribution < 1.29 is 0 Å². The summed E-state index contributed by atoms with van der Waals surface area (Å²) < 4.78 is 1.15. The van der Waals surface area contributed by atoms with E-state index in [0.717, 1.165) is 16.4 Å². The summed E-state index contributed by atoms with van der Waals surface area (Å²) in [5.41, 5.74) is 1.24. The summed E-state index contributed by atoms with van der Waals surface area (Å²) in [4.78, 5) is 2.75. The molecular weight excluding hydrogens is 324 g/mol. The van der Waals surface area contributed by atoms with Gasteiger partial charge in [0.1, 0.15) is 0 Å². The predicted molar refractivity (Wildman–Crippen MR) is 93.8 cm³/mol. The van der Waals surface area contributed by atoms with Crippen molar-refractivity contribution in [2.75, 3.05) is 18.4 Å². The number of nitrogens with one attached hydrogen (secondary N) is 1. The first-order chi connectivity index (χ1) is 10.2. The Kier molecular flexibility index (Phi) is 5.23. The van der Waals surface area contributed by atoms with Crippen LogP contribution >= 0.6 is 15.9 Å². The highest BCUT2D eigenvalue weighted by Crippen LogP contribution is 2.29. The number of hydrogen-bond donors (Lipinski definition) is 1. The zero-order valence-corrected chi connectivity index (χ0v) is 14.6. The first-order valence-corrected chi connectivity index (χ1v) is 9.26. The zero-order valence-electron chi connectivity index (χ0n) is 13.0. The fourth-order valence-electron chi connectivity index (χ4n) is 3.83. The monoisotopic (exact) mass is 350 g/mol. The average molecular weight is 351 g/mol. The van der Waals surface area contributed by atoms with Gasteiger partial charge in [0.2, 0.25) is 0 Å². The molecule has 1 saturated carbocycles. The number of nitrogens with zero attached hydrogens (tertiary/aromatic N) is 1. The number of anilines is 1. The number of halogens is 1. The third-order valence-corrected chi connectivity index (χ3v) is 5.72. The minimum atomic E-state index is 0.637. The van der Waals surface area contributed by atoms with Gasteiger partial charge in [-0.3, -0.25) is 0 Å². The molecule has 2 nitrogen and oxygen atoms in total. The van der Waals surface area contributed by atoms with Crippen LogP contribution < -0.4 is 5.32 Å². The molecular formula is C18H27BrN2. The number of benzene rings is 1. The summed E-state index contributed by atoms with van der Waals surface area (Å²) in [6.45, 7) is 4.94. The van der Waals surface area contributed by atoms with Crippen molar-refractivity contribution in [1.29, 1.82) is 0 Å². The molecule has 0 amide bonds. The lowest BCUT2D eigenvalue weighted by Crippen LogP contribution is -2.45. The van der Waals surface area contributed by atoms with Crippen molar-refractivity contribution in [2.24, 2.45) is 5.92 Å². The maximum atomic E-state index is 3.70. The molecule has 3 heteroatoms. The normalized spacial score (nSPS) is 28.5. The molecule has 1 aromatic rings. The summed E-state index contributed by atoms with van der Waals surface area (Å²) in [6, 6.07) is 10.0. The lowest BCUT2D eigenvalue weighted by atomic mass is 9.85. The quantitative estimate of drug-likeness (QED) is 0.833. The first-order valence-electron chi connectivity index (χ1n) is 8.47. The lowest BCUT2D eigenvalue weighted by Gasteiger charge is -2.40. The third kappa shape index (κ3) is 4.23. The summed E-state index contributed by atoms with van der Waals surface area (Å²) in [7, 11) is 0. The molecule has 1 aliphatic heterocycles. The van der Waals surface area contributed by atoms with E-state index in [1.807, 2.05) is 0 Å². The maximum Gasteiger partial charge on any atom is 0.0353 e. The van der Waals surface area contributed by atoms with E-state index in [2.05, 4.69) is 57.3 Å². The Balaban J connectivity index is 1.47. The van der Waals surface area contributed by atoms with E-state index in [4.69, 9.17) is 0 Å². The van der Waals surface area contributed by atoms with Crippen LogP contribution in [0.15, 0.2) is 28.7 Å². The molecule has 1 aromatic carbocycles. The smallest absolute Gasteiger partial charge is 0.0353 e. The van der Waals surface area contributed by atoms with E-state index in [9.17, 15) is 0 Å². The molecule has 1 N–H and O–H groups in total. The van der Waals surface area contributed by atoms with E-state index in [0.29, 0.717) is 6.04 Å². The summed E-state index contributed by atoms with van der Waals surface area (Å²) in [5.74, 6) is 0.956. The Hall–Kier alpha value is -0.540. The molecule has 116 valence electrons. The summed E-state index contributed by atoms with van der Waals surface area (Å²) in [5, 5.41) is 3.70. The second-order valence-corrected chi connectivity index (χ2v) is 7.79. The van der Waals surface area contributed by atoms with Crippen molar-refractivity contribution in [2.45, 2.75) is 57.5 Å². The Morgan fingerprint density at radius 2 is 1.76 bits per heavy atom. The number of likely N-dealkylation sites (tertiary alicyclic amines) is 1. The fourth-order valence-corrected chi connectivity index (χ4v) is 4.23. The van der Waals surface area contributed by atoms with Gasteiger partial charge in [0.25, 0.3) is 0 Å². The molecule has 21 heavy (non-hydrogen) atoms. The Labute approximate surface area is 137 Å². The van der Waals surface area contributed by atoms with Gasteiger partial charge >= 0.3 is 0 Å². The van der Waals surface area contributed by atoms with Gasteiger partial charge in [0, 0.05) is 35.3 Å². The molecule has 2 fully saturated rings. The fraction of sp³-hybridized carbons (Fsp3) is 0.667. The topological polar surface area (TPSA) is 15.3 Å². The van der Waals surface area contributed by atoms with Gasteiger partial charge in [0.05, 0.1) is 0 Å². The molecule has 3 rings (SSSR count). The molecule has 1 heterocycles. The average Bonchev–Trinajstić information content (AvgIpc) is 2.49. The zero-order chi connectivity index (χ0) is 14.7. The van der Waals surface area contributed by atoms with E-state index in [1.165, 1.54) is 57.3 Å². The number of piperidine rings is 1. The highest BCUT2D eigenvalue weighted by molar-refractivity contribution is 9.10. The minimum absolute atomic E-state index is 0.637. The van der Waals surface area contributed by atoms with Crippen molar-refractivity contribution in [3.8, 4) is 0 Å². The highest BCUT2D eigenvalue weighted by Gasteiger charge is 2.27. The maximum absolute atomic E-state index is 3.70. The van der Waals surface area contributed by atoms with Crippen LogP contribution in [0.3, 0.4) is 0 Å². The second kappa shape index (κ2) is 7.15. The molecule has 1 saturated heterocycles. The van der Waals surface area contributed by atoms with Gasteiger partial charge in [-0.15, -0.1) is 0 Å². The predicted octanol–water partition coefficient (Wildman–Crippen LogP) is 4.90. The Morgan fingerprint density at radius 3 is 2.43 bits per heavy atom. The molecule has 0 bridgehead atoms. The SMILES string of the molecule is CC1CCC(N2CCC(Nc3cccc(Br)c3)CC2)CC1. The van der Waals surface area contributed by atoms with E-state index >= 15 is 0 Å². The van der Waals surface area contributed by atoms with Crippen LogP contribution in [0.1, 0.15) is 45.4 Å². The molecule has 0 atom stereocenters. The summed E-state index contributed by atoms with van der Waals surface area (Å²) in [6.07, 6.45) is 8.26. The Bertz CT molecular complexity index is 446. The van der Waals surface area contributed by atoms with Crippen LogP contribution in [0.2, 0.25) is 0 Å². The van der Waals surface area contributed by atoms with Crippen LogP contribution in [0, 0.1) is 5.92 Å². The van der Waals surface area contributed by atoms with Gasteiger partial charge in [0.15, 0.2) is 0 Å². The number of rotatable bonds is 3. The van der Waals surface area contributed by atoms with Gasteiger partial charge < -0.3 is 10.2 Å². The van der Waals surface area contributed by atoms with Crippen molar-refractivity contribution in [1.82, 2.24) is 4.90 Å². The molecule has 1 aliphatic carbocycles. The van der Waals surface area contributed by atoms with Gasteiger partial charge in [-0.1, -0.05) is 28.9 Å². The molecule has 0 unspecified atom stereocenters. The lowest BCUT2D eigenvalue weighted by molar-refractivity contribution is 0.113. The molecule has 0 radical (unpaired) electrons. The standard InChI is InChI=1S/C18H27BrN2/c1-14-5-7-18(8-6-14)21-11-9-16(10-12-21)20-17-4-2-3-15(19)13-17/h2-4,13-14,16,18,20H,5-12H2,1H3. The van der Waals surface area contributed by atoms with Crippen molar-refractivity contribution in [3.05, 3.63) is 28.7 Å². The van der Waals surface area contributed by atoms with Crippen molar-refractivity contribution in [3.63, 3.8) is 0 Å². The van der Waals surface area contributed by atoms with Gasteiger partial charge in [-0.05, 0) is 62.6 Å². The number of hydrogen-bond acceptors (Lipinski definition) is 2. The van der Waals surface area contributed by atoms with E-state index in [1.54, 1.807) is 0 Å². The minimum Gasteiger partial charge on any atom is -0.382 e. The van der Waals surface area contributed by atoms with Crippen molar-refractivity contribution >= 4 is 21.6 Å².